The molecule has 1 amide bonds. The van der Waals surface area contributed by atoms with Gasteiger partial charge in [0, 0.05) is 11.6 Å². The van der Waals surface area contributed by atoms with Crippen LogP contribution in [0.1, 0.15) is 21.5 Å². The maximum atomic E-state index is 12.9. The van der Waals surface area contributed by atoms with Crippen LogP contribution in [-0.2, 0) is 0 Å². The predicted octanol–water partition coefficient (Wildman–Crippen LogP) is 2.03. The average molecular weight is 329 g/mol. The molecule has 0 radical (unpaired) electrons. The molecule has 0 atom stereocenters. The van der Waals surface area contributed by atoms with E-state index in [0.29, 0.717) is 16.0 Å². The molecule has 0 aliphatic rings. The highest BCUT2D eigenvalue weighted by atomic mass is 32.1. The maximum Gasteiger partial charge on any atom is 0.265 e. The number of carbonyl (C=O) groups is 1. The summed E-state index contributed by atoms with van der Waals surface area (Å²) in [5, 5.41) is 11.7. The summed E-state index contributed by atoms with van der Waals surface area (Å²) < 4.78 is 1.36. The molecule has 2 heterocycles. The number of nitrogen functional groups attached to an aromatic ring is 1. The van der Waals surface area contributed by atoms with Crippen LogP contribution in [0, 0.1) is 13.8 Å². The Balaban J connectivity index is 2.56. The van der Waals surface area contributed by atoms with Gasteiger partial charge in [0.1, 0.15) is 10.6 Å². The molecular formula is C16H15N3O3S. The number of benzene rings is 1. The summed E-state index contributed by atoms with van der Waals surface area (Å²) in [7, 11) is 0. The third-order valence-corrected chi connectivity index (χ3v) is 4.82. The van der Waals surface area contributed by atoms with E-state index in [1.54, 1.807) is 30.6 Å². The van der Waals surface area contributed by atoms with Gasteiger partial charge in [-0.1, -0.05) is 6.07 Å². The van der Waals surface area contributed by atoms with Crippen molar-refractivity contribution < 1.29 is 9.90 Å². The minimum Gasteiger partial charge on any atom is -0.508 e. The van der Waals surface area contributed by atoms with Gasteiger partial charge in [0.05, 0.1) is 16.8 Å². The summed E-state index contributed by atoms with van der Waals surface area (Å²) in [4.78, 5) is 25.1. The van der Waals surface area contributed by atoms with Gasteiger partial charge in [0.2, 0.25) is 0 Å². The summed E-state index contributed by atoms with van der Waals surface area (Å²) in [6.45, 7) is 3.51. The smallest absolute Gasteiger partial charge is 0.265 e. The molecule has 0 spiro atoms. The van der Waals surface area contributed by atoms with E-state index in [1.165, 1.54) is 15.7 Å². The number of nitrogens with two attached hydrogens (primary N) is 2. The lowest BCUT2D eigenvalue weighted by atomic mass is 9.93. The first-order valence-electron chi connectivity index (χ1n) is 6.85. The molecule has 0 unspecified atom stereocenters. The highest BCUT2D eigenvalue weighted by Crippen LogP contribution is 2.36. The van der Waals surface area contributed by atoms with Crippen molar-refractivity contribution in [2.75, 3.05) is 5.73 Å². The SMILES string of the molecule is Cc1ccc(O)c(C)c1-c1c(N)c(C(N)=O)c2sccn2c1=O. The molecule has 0 aliphatic heterocycles. The molecule has 23 heavy (non-hydrogen) atoms. The van der Waals surface area contributed by atoms with Crippen LogP contribution in [0.3, 0.4) is 0 Å². The molecule has 0 saturated carbocycles. The van der Waals surface area contributed by atoms with Crippen LogP contribution in [0.5, 0.6) is 5.75 Å². The number of pyridine rings is 1. The Bertz CT molecular complexity index is 1020. The number of nitrogens with zero attached hydrogens (tertiary/aromatic N) is 1. The van der Waals surface area contributed by atoms with Crippen molar-refractivity contribution in [2.24, 2.45) is 5.73 Å². The van der Waals surface area contributed by atoms with Gasteiger partial charge in [-0.15, -0.1) is 11.3 Å². The number of primary amides is 1. The molecule has 3 rings (SSSR count). The van der Waals surface area contributed by atoms with Gasteiger partial charge in [-0.25, -0.2) is 0 Å². The molecule has 6 nitrogen and oxygen atoms in total. The summed E-state index contributed by atoms with van der Waals surface area (Å²) >= 11 is 1.22. The lowest BCUT2D eigenvalue weighted by Crippen LogP contribution is -2.23. The van der Waals surface area contributed by atoms with Gasteiger partial charge in [-0.2, -0.15) is 0 Å². The highest BCUT2D eigenvalue weighted by Gasteiger charge is 2.23. The summed E-state index contributed by atoms with van der Waals surface area (Å²) in [5.41, 5.74) is 13.4. The van der Waals surface area contributed by atoms with Gasteiger partial charge >= 0.3 is 0 Å². The molecule has 7 heteroatoms. The number of phenols is 1. The van der Waals surface area contributed by atoms with Crippen LogP contribution in [0.15, 0.2) is 28.5 Å². The number of rotatable bonds is 2. The highest BCUT2D eigenvalue weighted by molar-refractivity contribution is 7.16. The number of phenolic OH excluding ortho intramolecular Hbond substituents is 1. The number of hydrogen-bond acceptors (Lipinski definition) is 5. The molecular weight excluding hydrogens is 314 g/mol. The molecule has 2 aromatic heterocycles. The number of anilines is 1. The number of fused-ring (bicyclic) bond motifs is 1. The Morgan fingerprint density at radius 2 is 1.96 bits per heavy atom. The summed E-state index contributed by atoms with van der Waals surface area (Å²) in [6.07, 6.45) is 1.57. The van der Waals surface area contributed by atoms with E-state index in [1.807, 2.05) is 6.92 Å². The van der Waals surface area contributed by atoms with Crippen molar-refractivity contribution in [3.05, 3.63) is 50.8 Å². The zero-order chi connectivity index (χ0) is 16.9. The first kappa shape index (κ1) is 15.1. The monoisotopic (exact) mass is 329 g/mol. The number of amides is 1. The third kappa shape index (κ3) is 2.08. The fraction of sp³-hybridized carbons (Fsp3) is 0.125. The second-order valence-electron chi connectivity index (χ2n) is 5.31. The van der Waals surface area contributed by atoms with Crippen molar-refractivity contribution >= 4 is 27.8 Å². The lowest BCUT2D eigenvalue weighted by molar-refractivity contribution is 0.100. The molecule has 5 N–H and O–H groups in total. The average Bonchev–Trinajstić information content (AvgIpc) is 2.95. The lowest BCUT2D eigenvalue weighted by Gasteiger charge is -2.15. The van der Waals surface area contributed by atoms with Gasteiger partial charge in [-0.3, -0.25) is 14.0 Å². The molecule has 1 aromatic carbocycles. The summed E-state index contributed by atoms with van der Waals surface area (Å²) in [5.74, 6) is -0.639. The van der Waals surface area contributed by atoms with Crippen LogP contribution in [0.2, 0.25) is 0 Å². The Labute approximate surface area is 135 Å². The van der Waals surface area contributed by atoms with Crippen molar-refractivity contribution in [3.8, 4) is 16.9 Å². The van der Waals surface area contributed by atoms with Gasteiger partial charge in [-0.05, 0) is 36.6 Å². The fourth-order valence-corrected chi connectivity index (χ4v) is 3.69. The molecule has 3 aromatic rings. The van der Waals surface area contributed by atoms with Crippen molar-refractivity contribution in [1.29, 1.82) is 0 Å². The summed E-state index contributed by atoms with van der Waals surface area (Å²) in [6, 6.07) is 3.25. The molecule has 0 bridgehead atoms. The van der Waals surface area contributed by atoms with E-state index < -0.39 is 5.91 Å². The Kier molecular flexibility index (Phi) is 3.37. The van der Waals surface area contributed by atoms with E-state index in [2.05, 4.69) is 0 Å². The second-order valence-corrected chi connectivity index (χ2v) is 6.21. The van der Waals surface area contributed by atoms with Gasteiger partial charge in [0.15, 0.2) is 0 Å². The van der Waals surface area contributed by atoms with E-state index in [-0.39, 0.29) is 28.1 Å². The zero-order valence-corrected chi connectivity index (χ0v) is 13.4. The maximum absolute atomic E-state index is 12.9. The molecule has 0 fully saturated rings. The predicted molar refractivity (Wildman–Crippen MR) is 91.0 cm³/mol. The number of aryl methyl sites for hydroxylation is 1. The largest absolute Gasteiger partial charge is 0.508 e. The van der Waals surface area contributed by atoms with Crippen LogP contribution in [0.25, 0.3) is 16.0 Å². The minimum atomic E-state index is -0.695. The van der Waals surface area contributed by atoms with Gasteiger partial charge in [0.25, 0.3) is 11.5 Å². The third-order valence-electron chi connectivity index (χ3n) is 3.93. The van der Waals surface area contributed by atoms with Crippen LogP contribution in [-0.4, -0.2) is 15.4 Å². The van der Waals surface area contributed by atoms with Crippen LogP contribution in [0.4, 0.5) is 5.69 Å². The molecule has 0 saturated heterocycles. The molecule has 0 aliphatic carbocycles. The zero-order valence-electron chi connectivity index (χ0n) is 12.6. The van der Waals surface area contributed by atoms with E-state index in [4.69, 9.17) is 11.5 Å². The Morgan fingerprint density at radius 1 is 1.26 bits per heavy atom. The van der Waals surface area contributed by atoms with Crippen molar-refractivity contribution in [1.82, 2.24) is 4.40 Å². The normalized spacial score (nSPS) is 11.0. The number of aromatic nitrogens is 1. The second kappa shape index (κ2) is 5.13. The van der Waals surface area contributed by atoms with Crippen molar-refractivity contribution in [3.63, 3.8) is 0 Å². The number of carbonyl (C=O) groups excluding carboxylic acids is 1. The number of hydrogen-bond donors (Lipinski definition) is 3. The fourth-order valence-electron chi connectivity index (χ4n) is 2.80. The van der Waals surface area contributed by atoms with Crippen LogP contribution < -0.4 is 17.0 Å². The van der Waals surface area contributed by atoms with E-state index in [9.17, 15) is 14.7 Å². The van der Waals surface area contributed by atoms with Crippen LogP contribution >= 0.6 is 11.3 Å². The number of thiazole rings is 1. The molecule has 118 valence electrons. The quantitative estimate of drug-likeness (QED) is 0.668. The van der Waals surface area contributed by atoms with E-state index >= 15 is 0 Å². The Morgan fingerprint density at radius 3 is 2.61 bits per heavy atom. The number of aromatic hydroxyl groups is 1. The first-order valence-corrected chi connectivity index (χ1v) is 7.73. The standard InChI is InChI=1S/C16H15N3O3S/c1-7-3-4-9(20)8(2)10(7)11-13(17)12(14(18)21)16-19(15(11)22)5-6-23-16/h3-6,20H,17H2,1-2H3,(H2,18,21). The van der Waals surface area contributed by atoms with E-state index in [0.717, 1.165) is 5.56 Å². The van der Waals surface area contributed by atoms with Gasteiger partial charge < -0.3 is 16.6 Å². The minimum absolute atomic E-state index is 0.0433. The first-order chi connectivity index (χ1) is 10.8. The van der Waals surface area contributed by atoms with Crippen molar-refractivity contribution in [2.45, 2.75) is 13.8 Å². The Hall–Kier alpha value is -2.80. The topological polar surface area (TPSA) is 111 Å².